The molecule has 0 aliphatic rings. The van der Waals surface area contributed by atoms with Gasteiger partial charge in [-0.2, -0.15) is 0 Å². The topological polar surface area (TPSA) is 77.2 Å². The molecule has 0 amide bonds. The van der Waals surface area contributed by atoms with Crippen LogP contribution in [0.2, 0.25) is 0 Å². The van der Waals surface area contributed by atoms with E-state index in [4.69, 9.17) is 10.4 Å². The van der Waals surface area contributed by atoms with Crippen LogP contribution in [0.5, 0.6) is 0 Å². The smallest absolute Gasteiger partial charge is 0.172 e. The minimum atomic E-state index is 0.0711. The van der Waals surface area contributed by atoms with Crippen LogP contribution in [-0.4, -0.2) is 22.5 Å². The van der Waals surface area contributed by atoms with Gasteiger partial charge in [0.2, 0.25) is 0 Å². The first-order valence-corrected chi connectivity index (χ1v) is 4.55. The molecular weight excluding hydrogens is 194 g/mol. The Kier molecular flexibility index (Phi) is 4.30. The summed E-state index contributed by atoms with van der Waals surface area (Å²) >= 11 is 0. The van der Waals surface area contributed by atoms with Crippen molar-refractivity contribution in [3.63, 3.8) is 0 Å². The predicted molar refractivity (Wildman–Crippen MR) is 58.1 cm³/mol. The molecule has 0 bridgehead atoms. The summed E-state index contributed by atoms with van der Waals surface area (Å²) in [5.74, 6) is 0.0711. The summed E-state index contributed by atoms with van der Waals surface area (Å²) < 4.78 is 0. The number of amidine groups is 1. The Morgan fingerprint density at radius 1 is 1.40 bits per heavy atom. The Balaban J connectivity index is 2.86. The molecule has 0 saturated carbocycles. The number of benzene rings is 1. The maximum Gasteiger partial charge on any atom is 0.172 e. The molecule has 15 heavy (non-hydrogen) atoms. The van der Waals surface area contributed by atoms with Crippen molar-refractivity contribution in [2.75, 3.05) is 0 Å². The molecule has 0 aliphatic heterocycles. The summed E-state index contributed by atoms with van der Waals surface area (Å²) in [5.41, 5.74) is 3.70. The van der Waals surface area contributed by atoms with Crippen LogP contribution in [0, 0.1) is 0 Å². The van der Waals surface area contributed by atoms with Gasteiger partial charge >= 0.3 is 0 Å². The number of nitrogens with one attached hydrogen (secondary N) is 1. The third-order valence-electron chi connectivity index (χ3n) is 1.89. The summed E-state index contributed by atoms with van der Waals surface area (Å²) in [7, 11) is 0. The lowest BCUT2D eigenvalue weighted by molar-refractivity contribution is 0.236. The second-order valence-electron chi connectivity index (χ2n) is 2.87. The molecule has 0 fully saturated rings. The zero-order valence-electron chi connectivity index (χ0n) is 8.38. The highest BCUT2D eigenvalue weighted by Gasteiger charge is 1.94. The molecule has 5 heteroatoms. The lowest BCUT2D eigenvalue weighted by atomic mass is 10.1. The average Bonchev–Trinajstić information content (AvgIpc) is 2.29. The predicted octanol–water partition coefficient (Wildman–Crippen LogP) is 1.72. The zero-order chi connectivity index (χ0) is 11.1. The minimum absolute atomic E-state index is 0.0711. The fourth-order valence-electron chi connectivity index (χ4n) is 1.08. The first kappa shape index (κ1) is 11.2. The summed E-state index contributed by atoms with van der Waals surface area (Å²) in [5, 5.41) is 19.7. The normalized spacial score (nSPS) is 12.0. The van der Waals surface area contributed by atoms with Crippen LogP contribution in [0.25, 0.3) is 0 Å². The Hall–Kier alpha value is -1.88. The summed E-state index contributed by atoms with van der Waals surface area (Å²) in [6.45, 7) is 2.07. The summed E-state index contributed by atoms with van der Waals surface area (Å²) in [6, 6.07) is 7.54. The molecule has 0 saturated heterocycles. The standard InChI is InChI=1S/C10H13N3O2/c1-2-8-3-5-9(6-4-8)12-10(13-15)7-11-14/h3-7,14-15H,2H2,1H3,(H,12,13)/b11-7+. The molecule has 1 aromatic rings. The van der Waals surface area contributed by atoms with Crippen molar-refractivity contribution in [2.45, 2.75) is 13.3 Å². The van der Waals surface area contributed by atoms with Gasteiger partial charge in [-0.15, -0.1) is 0 Å². The Bertz CT molecular complexity index is 357. The van der Waals surface area contributed by atoms with Gasteiger partial charge in [0.15, 0.2) is 5.84 Å². The maximum absolute atomic E-state index is 8.64. The van der Waals surface area contributed by atoms with E-state index in [0.29, 0.717) is 5.69 Å². The van der Waals surface area contributed by atoms with Crippen molar-refractivity contribution < 1.29 is 10.4 Å². The molecular formula is C10H13N3O2. The van der Waals surface area contributed by atoms with E-state index in [0.717, 1.165) is 12.6 Å². The van der Waals surface area contributed by atoms with E-state index in [-0.39, 0.29) is 5.84 Å². The highest BCUT2D eigenvalue weighted by atomic mass is 16.5. The molecule has 0 aliphatic carbocycles. The van der Waals surface area contributed by atoms with E-state index in [2.05, 4.69) is 17.1 Å². The molecule has 0 unspecified atom stereocenters. The maximum atomic E-state index is 8.64. The van der Waals surface area contributed by atoms with Crippen LogP contribution in [-0.2, 0) is 6.42 Å². The van der Waals surface area contributed by atoms with Crippen LogP contribution in [0.15, 0.2) is 34.4 Å². The monoisotopic (exact) mass is 207 g/mol. The second kappa shape index (κ2) is 5.77. The van der Waals surface area contributed by atoms with Gasteiger partial charge in [-0.05, 0) is 24.1 Å². The van der Waals surface area contributed by atoms with Crippen molar-refractivity contribution in [2.24, 2.45) is 10.1 Å². The highest BCUT2D eigenvalue weighted by molar-refractivity contribution is 6.29. The van der Waals surface area contributed by atoms with E-state index in [1.807, 2.05) is 29.7 Å². The van der Waals surface area contributed by atoms with Crippen molar-refractivity contribution in [1.29, 1.82) is 0 Å². The quantitative estimate of drug-likeness (QED) is 0.305. The van der Waals surface area contributed by atoms with E-state index in [1.165, 1.54) is 5.56 Å². The lowest BCUT2D eigenvalue weighted by Gasteiger charge is -1.99. The average molecular weight is 207 g/mol. The Morgan fingerprint density at radius 3 is 2.53 bits per heavy atom. The molecule has 80 valence electrons. The van der Waals surface area contributed by atoms with Crippen molar-refractivity contribution >= 4 is 17.7 Å². The molecule has 3 N–H and O–H groups in total. The van der Waals surface area contributed by atoms with Gasteiger partial charge < -0.3 is 5.21 Å². The van der Waals surface area contributed by atoms with Crippen molar-refractivity contribution in [3.8, 4) is 0 Å². The lowest BCUT2D eigenvalue weighted by Crippen LogP contribution is -2.19. The van der Waals surface area contributed by atoms with E-state index < -0.39 is 0 Å². The zero-order valence-corrected chi connectivity index (χ0v) is 8.38. The van der Waals surface area contributed by atoms with Crippen LogP contribution < -0.4 is 5.48 Å². The van der Waals surface area contributed by atoms with Gasteiger partial charge in [0.1, 0.15) is 6.21 Å². The number of nitrogens with zero attached hydrogens (tertiary/aromatic N) is 2. The van der Waals surface area contributed by atoms with Gasteiger partial charge in [-0.3, -0.25) is 10.7 Å². The van der Waals surface area contributed by atoms with Gasteiger partial charge in [0, 0.05) is 0 Å². The van der Waals surface area contributed by atoms with E-state index in [9.17, 15) is 0 Å². The SMILES string of the molecule is CCc1ccc(N=C(/C=N/O)NO)cc1. The molecule has 0 spiro atoms. The number of hydroxylamine groups is 1. The van der Waals surface area contributed by atoms with Crippen molar-refractivity contribution in [1.82, 2.24) is 5.48 Å². The Morgan fingerprint density at radius 2 is 2.07 bits per heavy atom. The number of hydrogen-bond acceptors (Lipinski definition) is 4. The fraction of sp³-hybridized carbons (Fsp3) is 0.200. The molecule has 0 atom stereocenters. The summed E-state index contributed by atoms with van der Waals surface area (Å²) in [4.78, 5) is 3.99. The molecule has 1 aromatic carbocycles. The van der Waals surface area contributed by atoms with Gasteiger partial charge in [-0.25, -0.2) is 4.99 Å². The molecule has 5 nitrogen and oxygen atoms in total. The third-order valence-corrected chi connectivity index (χ3v) is 1.89. The number of aliphatic imine (C=N–C) groups is 1. The first-order valence-electron chi connectivity index (χ1n) is 4.55. The van der Waals surface area contributed by atoms with E-state index in [1.54, 1.807) is 0 Å². The first-order chi connectivity index (χ1) is 7.30. The molecule has 0 radical (unpaired) electrons. The van der Waals surface area contributed by atoms with Crippen LogP contribution in [0.1, 0.15) is 12.5 Å². The largest absolute Gasteiger partial charge is 0.411 e. The number of rotatable bonds is 3. The second-order valence-corrected chi connectivity index (χ2v) is 2.87. The van der Waals surface area contributed by atoms with Gasteiger partial charge in [-0.1, -0.05) is 24.2 Å². The summed E-state index contributed by atoms with van der Waals surface area (Å²) in [6.07, 6.45) is 1.97. The van der Waals surface area contributed by atoms with Crippen molar-refractivity contribution in [3.05, 3.63) is 29.8 Å². The van der Waals surface area contributed by atoms with Crippen LogP contribution >= 0.6 is 0 Å². The van der Waals surface area contributed by atoms with E-state index >= 15 is 0 Å². The van der Waals surface area contributed by atoms with Crippen LogP contribution in [0.4, 0.5) is 5.69 Å². The third kappa shape index (κ3) is 3.40. The van der Waals surface area contributed by atoms with Gasteiger partial charge in [0.05, 0.1) is 5.69 Å². The van der Waals surface area contributed by atoms with Crippen LogP contribution in [0.3, 0.4) is 0 Å². The molecule has 0 heterocycles. The highest BCUT2D eigenvalue weighted by Crippen LogP contribution is 2.13. The number of hydrogen-bond donors (Lipinski definition) is 3. The number of oxime groups is 1. The molecule has 0 aromatic heterocycles. The fourth-order valence-corrected chi connectivity index (χ4v) is 1.08. The number of aryl methyl sites for hydroxylation is 1. The molecule has 1 rings (SSSR count). The van der Waals surface area contributed by atoms with Gasteiger partial charge in [0.25, 0.3) is 0 Å². The minimum Gasteiger partial charge on any atom is -0.411 e. The Labute approximate surface area is 87.7 Å².